The number of nitrogens with two attached hydrogens (primary N) is 2. The fraction of sp³-hybridized carbons (Fsp3) is 0.276. The molecule has 1 saturated heterocycles. The minimum absolute atomic E-state index is 0.00460. The number of carbonyl (C=O) groups excluding carboxylic acids is 2. The Labute approximate surface area is 228 Å². The number of anilines is 1. The lowest BCUT2D eigenvalue weighted by Gasteiger charge is -2.38. The van der Waals surface area contributed by atoms with Crippen LogP contribution in [0, 0.1) is 5.41 Å². The zero-order chi connectivity index (χ0) is 27.8. The maximum atomic E-state index is 13.0. The van der Waals surface area contributed by atoms with Crippen LogP contribution in [0.1, 0.15) is 45.1 Å². The number of amidine groups is 1. The number of nitrogens with one attached hydrogen (secondary N) is 6. The van der Waals surface area contributed by atoms with E-state index in [4.69, 9.17) is 16.9 Å². The van der Waals surface area contributed by atoms with Gasteiger partial charge < -0.3 is 32.7 Å². The highest BCUT2D eigenvalue weighted by Gasteiger charge is 2.32. The first kappa shape index (κ1) is 27.8. The van der Waals surface area contributed by atoms with E-state index in [1.54, 1.807) is 18.2 Å². The molecule has 0 bridgehead atoms. The van der Waals surface area contributed by atoms with Crippen molar-refractivity contribution in [3.05, 3.63) is 101 Å². The standard InChI is InChI=1S/C29H36N8O2/c1-33-25-17-35-27(24(37-25)14-26(38)34-15-19-7-9-20(10-8-19)28(31)32)21-11-22(13-23(30)12-21)29(39)36-16-18-5-3-2-4-6-18/h2-13,24-25,27,33,35,37H,14-17,30H2,1H3,(H3,31,32)(H,34,38)(H,36,39). The fourth-order valence-corrected chi connectivity index (χ4v) is 4.66. The Balaban J connectivity index is 1.43. The average molecular weight is 529 g/mol. The van der Waals surface area contributed by atoms with Gasteiger partial charge in [0.05, 0.1) is 6.17 Å². The summed E-state index contributed by atoms with van der Waals surface area (Å²) in [6, 6.07) is 21.8. The highest BCUT2D eigenvalue weighted by Crippen LogP contribution is 2.26. The molecule has 3 atom stereocenters. The number of piperazine rings is 1. The molecule has 1 aliphatic heterocycles. The summed E-state index contributed by atoms with van der Waals surface area (Å²) in [7, 11) is 1.86. The Kier molecular flexibility index (Phi) is 9.27. The summed E-state index contributed by atoms with van der Waals surface area (Å²) in [5.41, 5.74) is 16.1. The van der Waals surface area contributed by atoms with Crippen molar-refractivity contribution in [3.8, 4) is 0 Å². The van der Waals surface area contributed by atoms with Crippen LogP contribution in [-0.2, 0) is 17.9 Å². The number of nitrogen functional groups attached to an aromatic ring is 2. The topological polar surface area (TPSA) is 170 Å². The van der Waals surface area contributed by atoms with Crippen LogP contribution < -0.4 is 38.1 Å². The van der Waals surface area contributed by atoms with Crippen LogP contribution in [-0.4, -0.2) is 43.5 Å². The summed E-state index contributed by atoms with van der Waals surface area (Å²) in [5, 5.41) is 23.6. The smallest absolute Gasteiger partial charge is 0.251 e. The highest BCUT2D eigenvalue weighted by molar-refractivity contribution is 5.95. The van der Waals surface area contributed by atoms with Crippen LogP contribution in [0.5, 0.6) is 0 Å². The molecule has 1 aliphatic rings. The van der Waals surface area contributed by atoms with Gasteiger partial charge >= 0.3 is 0 Å². The first-order chi connectivity index (χ1) is 18.8. The van der Waals surface area contributed by atoms with Crippen molar-refractivity contribution in [1.29, 1.82) is 5.41 Å². The number of benzene rings is 3. The summed E-state index contributed by atoms with van der Waals surface area (Å²) in [4.78, 5) is 25.9. The number of amides is 2. The van der Waals surface area contributed by atoms with Crippen molar-refractivity contribution in [2.45, 2.75) is 37.8 Å². The largest absolute Gasteiger partial charge is 0.399 e. The normalized spacial score (nSPS) is 18.7. The van der Waals surface area contributed by atoms with Crippen molar-refractivity contribution < 1.29 is 9.59 Å². The summed E-state index contributed by atoms with van der Waals surface area (Å²) >= 11 is 0. The SMILES string of the molecule is CNC1CNC(c2cc(N)cc(C(=O)NCc3ccccc3)c2)C(CC(=O)NCc2ccc(C(=N)N)cc2)N1. The Hall–Kier alpha value is -4.25. The molecule has 3 aromatic carbocycles. The van der Waals surface area contributed by atoms with Crippen LogP contribution in [0.3, 0.4) is 0 Å². The van der Waals surface area contributed by atoms with Crippen molar-refractivity contribution in [3.63, 3.8) is 0 Å². The Morgan fingerprint density at radius 1 is 0.949 bits per heavy atom. The van der Waals surface area contributed by atoms with Gasteiger partial charge in [-0.05, 0) is 41.9 Å². The molecule has 204 valence electrons. The predicted octanol–water partition coefficient (Wildman–Crippen LogP) is 1.34. The fourth-order valence-electron chi connectivity index (χ4n) is 4.66. The van der Waals surface area contributed by atoms with Gasteiger partial charge in [0.15, 0.2) is 0 Å². The van der Waals surface area contributed by atoms with Gasteiger partial charge in [-0.2, -0.15) is 0 Å². The van der Waals surface area contributed by atoms with Gasteiger partial charge in [-0.15, -0.1) is 0 Å². The molecule has 3 aromatic rings. The second-order valence-corrected chi connectivity index (χ2v) is 9.65. The van der Waals surface area contributed by atoms with E-state index in [0.29, 0.717) is 36.4 Å². The van der Waals surface area contributed by atoms with E-state index >= 15 is 0 Å². The van der Waals surface area contributed by atoms with Crippen LogP contribution >= 0.6 is 0 Å². The molecule has 10 nitrogen and oxygen atoms in total. The second kappa shape index (κ2) is 13.0. The van der Waals surface area contributed by atoms with Crippen LogP contribution in [0.2, 0.25) is 0 Å². The molecule has 3 unspecified atom stereocenters. The first-order valence-corrected chi connectivity index (χ1v) is 12.9. The molecule has 10 N–H and O–H groups in total. The number of carbonyl (C=O) groups is 2. The summed E-state index contributed by atoms with van der Waals surface area (Å²) in [5.74, 6) is -0.323. The molecule has 0 aromatic heterocycles. The van der Waals surface area contributed by atoms with Gasteiger partial charge in [-0.1, -0.05) is 54.6 Å². The number of rotatable bonds is 10. The van der Waals surface area contributed by atoms with Crippen LogP contribution in [0.15, 0.2) is 72.8 Å². The van der Waals surface area contributed by atoms with E-state index in [9.17, 15) is 9.59 Å². The quantitative estimate of drug-likeness (QED) is 0.111. The molecule has 0 aliphatic carbocycles. The molecule has 1 heterocycles. The summed E-state index contributed by atoms with van der Waals surface area (Å²) in [6.45, 7) is 1.41. The van der Waals surface area contributed by atoms with Gasteiger partial charge in [0.1, 0.15) is 5.84 Å². The molecule has 4 rings (SSSR count). The molecule has 39 heavy (non-hydrogen) atoms. The molecule has 2 amide bonds. The number of hydrogen-bond acceptors (Lipinski definition) is 7. The zero-order valence-electron chi connectivity index (χ0n) is 22.0. The molecule has 0 radical (unpaired) electrons. The third-order valence-corrected chi connectivity index (χ3v) is 6.76. The van der Waals surface area contributed by atoms with E-state index in [1.165, 1.54) is 0 Å². The molecule has 0 spiro atoms. The molecule has 10 heteroatoms. The maximum absolute atomic E-state index is 13.0. The highest BCUT2D eigenvalue weighted by atomic mass is 16.2. The third kappa shape index (κ3) is 7.64. The van der Waals surface area contributed by atoms with E-state index < -0.39 is 0 Å². The Bertz CT molecular complexity index is 1300. The minimum atomic E-state index is -0.252. The van der Waals surface area contributed by atoms with Gasteiger partial charge in [0.2, 0.25) is 5.91 Å². The summed E-state index contributed by atoms with van der Waals surface area (Å²) in [6.07, 6.45) is 0.194. The lowest BCUT2D eigenvalue weighted by molar-refractivity contribution is -0.122. The van der Waals surface area contributed by atoms with Crippen molar-refractivity contribution in [1.82, 2.24) is 26.6 Å². The molecular formula is C29H36N8O2. The number of hydrogen-bond donors (Lipinski definition) is 8. The second-order valence-electron chi connectivity index (χ2n) is 9.65. The van der Waals surface area contributed by atoms with Gasteiger partial charge in [-0.3, -0.25) is 20.3 Å². The molecular weight excluding hydrogens is 492 g/mol. The first-order valence-electron chi connectivity index (χ1n) is 12.9. The van der Waals surface area contributed by atoms with E-state index in [-0.39, 0.29) is 42.3 Å². The van der Waals surface area contributed by atoms with E-state index in [1.807, 2.05) is 61.6 Å². The Morgan fingerprint density at radius 3 is 2.33 bits per heavy atom. The monoisotopic (exact) mass is 528 g/mol. The minimum Gasteiger partial charge on any atom is -0.399 e. The van der Waals surface area contributed by atoms with Crippen LogP contribution in [0.25, 0.3) is 0 Å². The average Bonchev–Trinajstić information content (AvgIpc) is 2.95. The van der Waals surface area contributed by atoms with Gasteiger partial charge in [-0.25, -0.2) is 0 Å². The van der Waals surface area contributed by atoms with E-state index in [0.717, 1.165) is 16.7 Å². The van der Waals surface area contributed by atoms with Crippen molar-refractivity contribution >= 4 is 23.3 Å². The zero-order valence-corrected chi connectivity index (χ0v) is 22.0. The summed E-state index contributed by atoms with van der Waals surface area (Å²) < 4.78 is 0. The number of likely N-dealkylation sites (N-methyl/N-ethyl adjacent to an activating group) is 1. The third-order valence-electron chi connectivity index (χ3n) is 6.76. The van der Waals surface area contributed by atoms with Gasteiger partial charge in [0, 0.05) is 55.0 Å². The predicted molar refractivity (Wildman–Crippen MR) is 153 cm³/mol. The maximum Gasteiger partial charge on any atom is 0.251 e. The van der Waals surface area contributed by atoms with Crippen molar-refractivity contribution in [2.75, 3.05) is 19.3 Å². The van der Waals surface area contributed by atoms with E-state index in [2.05, 4.69) is 26.6 Å². The molecule has 0 saturated carbocycles. The lowest BCUT2D eigenvalue weighted by Crippen LogP contribution is -2.61. The lowest BCUT2D eigenvalue weighted by atomic mass is 9.92. The molecule has 1 fully saturated rings. The van der Waals surface area contributed by atoms with Crippen LogP contribution in [0.4, 0.5) is 5.69 Å². The van der Waals surface area contributed by atoms with Gasteiger partial charge in [0.25, 0.3) is 5.91 Å². The van der Waals surface area contributed by atoms with Crippen molar-refractivity contribution in [2.24, 2.45) is 5.73 Å². The Morgan fingerprint density at radius 2 is 1.64 bits per heavy atom.